The summed E-state index contributed by atoms with van der Waals surface area (Å²) in [6.07, 6.45) is 2.25. The van der Waals surface area contributed by atoms with Gasteiger partial charge in [0.25, 0.3) is 0 Å². The maximum atomic E-state index is 6.32. The van der Waals surface area contributed by atoms with Gasteiger partial charge >= 0.3 is 0 Å². The molecule has 0 aliphatic heterocycles. The average Bonchev–Trinajstić information content (AvgIpc) is 2.96. The highest BCUT2D eigenvalue weighted by Gasteiger charge is 2.49. The van der Waals surface area contributed by atoms with E-state index in [-0.39, 0.29) is 5.60 Å². The number of hydrogen-bond acceptors (Lipinski definition) is 2. The van der Waals surface area contributed by atoms with E-state index in [2.05, 4.69) is 31.8 Å². The SMILES string of the molecule is COc1ccccc1C1(O[Si](C)(C)C)CC1. The molecular weight excluding hydrogens is 216 g/mol. The Morgan fingerprint density at radius 3 is 2.25 bits per heavy atom. The lowest BCUT2D eigenvalue weighted by Crippen LogP contribution is -2.32. The summed E-state index contributed by atoms with van der Waals surface area (Å²) in [7, 11) is 0.221. The lowest BCUT2D eigenvalue weighted by molar-refractivity contribution is 0.168. The van der Waals surface area contributed by atoms with E-state index >= 15 is 0 Å². The Morgan fingerprint density at radius 2 is 1.75 bits per heavy atom. The summed E-state index contributed by atoms with van der Waals surface area (Å²) in [5.74, 6) is 0.957. The van der Waals surface area contributed by atoms with Gasteiger partial charge in [-0.15, -0.1) is 0 Å². The Kier molecular flexibility index (Phi) is 2.84. The highest BCUT2D eigenvalue weighted by molar-refractivity contribution is 6.69. The molecule has 2 rings (SSSR count). The van der Waals surface area contributed by atoms with Gasteiger partial charge in [-0.25, -0.2) is 0 Å². The topological polar surface area (TPSA) is 18.5 Å². The van der Waals surface area contributed by atoms with Gasteiger partial charge in [-0.3, -0.25) is 0 Å². The van der Waals surface area contributed by atoms with Crippen LogP contribution in [0.1, 0.15) is 18.4 Å². The third kappa shape index (κ3) is 2.30. The molecule has 0 N–H and O–H groups in total. The molecule has 0 saturated heterocycles. The van der Waals surface area contributed by atoms with Crippen LogP contribution in [-0.4, -0.2) is 15.4 Å². The molecule has 1 saturated carbocycles. The summed E-state index contributed by atoms with van der Waals surface area (Å²) >= 11 is 0. The minimum atomic E-state index is -1.50. The normalized spacial score (nSPS) is 18.2. The van der Waals surface area contributed by atoms with E-state index in [1.807, 2.05) is 12.1 Å². The molecule has 0 radical (unpaired) electrons. The maximum Gasteiger partial charge on any atom is 0.184 e. The fourth-order valence-electron chi connectivity index (χ4n) is 2.15. The van der Waals surface area contributed by atoms with Crippen molar-refractivity contribution >= 4 is 8.32 Å². The first-order valence-electron chi connectivity index (χ1n) is 5.81. The first-order valence-corrected chi connectivity index (χ1v) is 9.21. The summed E-state index contributed by atoms with van der Waals surface area (Å²) in [6.45, 7) is 6.72. The average molecular weight is 236 g/mol. The van der Waals surface area contributed by atoms with Gasteiger partial charge in [0.15, 0.2) is 8.32 Å². The van der Waals surface area contributed by atoms with Crippen molar-refractivity contribution in [1.29, 1.82) is 0 Å². The van der Waals surface area contributed by atoms with Gasteiger partial charge in [0.2, 0.25) is 0 Å². The summed E-state index contributed by atoms with van der Waals surface area (Å²) in [5, 5.41) is 0. The second kappa shape index (κ2) is 3.89. The molecule has 0 atom stereocenters. The predicted molar refractivity (Wildman–Crippen MR) is 68.3 cm³/mol. The van der Waals surface area contributed by atoms with Crippen molar-refractivity contribution < 1.29 is 9.16 Å². The minimum absolute atomic E-state index is 0.0446. The molecule has 1 aliphatic carbocycles. The van der Waals surface area contributed by atoms with Crippen molar-refractivity contribution in [3.63, 3.8) is 0 Å². The van der Waals surface area contributed by atoms with Crippen LogP contribution in [0.4, 0.5) is 0 Å². The molecule has 0 spiro atoms. The molecule has 0 unspecified atom stereocenters. The largest absolute Gasteiger partial charge is 0.496 e. The third-order valence-electron chi connectivity index (χ3n) is 2.80. The lowest BCUT2D eigenvalue weighted by atomic mass is 10.1. The van der Waals surface area contributed by atoms with E-state index in [0.717, 1.165) is 18.6 Å². The Labute approximate surface area is 98.7 Å². The van der Waals surface area contributed by atoms with Gasteiger partial charge in [-0.1, -0.05) is 18.2 Å². The van der Waals surface area contributed by atoms with Crippen LogP contribution in [0.5, 0.6) is 5.75 Å². The molecule has 0 bridgehead atoms. The van der Waals surface area contributed by atoms with Gasteiger partial charge in [-0.05, 0) is 38.5 Å². The van der Waals surface area contributed by atoms with Crippen molar-refractivity contribution in [2.75, 3.05) is 7.11 Å². The number of para-hydroxylation sites is 1. The molecule has 1 aromatic rings. The predicted octanol–water partition coefficient (Wildman–Crippen LogP) is 3.54. The van der Waals surface area contributed by atoms with Gasteiger partial charge in [0.1, 0.15) is 5.75 Å². The second-order valence-electron chi connectivity index (χ2n) is 5.41. The van der Waals surface area contributed by atoms with Crippen molar-refractivity contribution in [3.05, 3.63) is 29.8 Å². The Bertz CT molecular complexity index is 378. The van der Waals surface area contributed by atoms with Crippen LogP contribution < -0.4 is 4.74 Å². The van der Waals surface area contributed by atoms with Crippen LogP contribution in [0.25, 0.3) is 0 Å². The molecule has 0 heterocycles. The molecule has 0 aromatic heterocycles. The number of benzene rings is 1. The smallest absolute Gasteiger partial charge is 0.184 e. The molecular formula is C13H20O2Si. The van der Waals surface area contributed by atoms with Gasteiger partial charge in [0.05, 0.1) is 12.7 Å². The fourth-order valence-corrected chi connectivity index (χ4v) is 3.63. The molecule has 0 amide bonds. The minimum Gasteiger partial charge on any atom is -0.496 e. The van der Waals surface area contributed by atoms with Crippen molar-refractivity contribution in [1.82, 2.24) is 0 Å². The lowest BCUT2D eigenvalue weighted by Gasteiger charge is -2.27. The van der Waals surface area contributed by atoms with E-state index < -0.39 is 8.32 Å². The maximum absolute atomic E-state index is 6.32. The Balaban J connectivity index is 2.30. The molecule has 16 heavy (non-hydrogen) atoms. The third-order valence-corrected chi connectivity index (χ3v) is 3.81. The molecule has 2 nitrogen and oxygen atoms in total. The number of methoxy groups -OCH3 is 1. The van der Waals surface area contributed by atoms with E-state index in [1.165, 1.54) is 5.56 Å². The standard InChI is InChI=1S/C13H20O2Si/c1-14-12-8-6-5-7-11(12)13(9-10-13)15-16(2,3)4/h5-8H,9-10H2,1-4H3. The first-order chi connectivity index (χ1) is 7.47. The molecule has 1 aliphatic rings. The van der Waals surface area contributed by atoms with Crippen LogP contribution in [0.15, 0.2) is 24.3 Å². The van der Waals surface area contributed by atoms with Crippen molar-refractivity contribution in [2.24, 2.45) is 0 Å². The highest BCUT2D eigenvalue weighted by Crippen LogP contribution is 2.53. The van der Waals surface area contributed by atoms with E-state index in [0.29, 0.717) is 0 Å². The van der Waals surface area contributed by atoms with Crippen LogP contribution in [-0.2, 0) is 10.0 Å². The summed E-state index contributed by atoms with van der Waals surface area (Å²) in [4.78, 5) is 0. The van der Waals surface area contributed by atoms with Crippen LogP contribution in [0, 0.1) is 0 Å². The van der Waals surface area contributed by atoms with Gasteiger partial charge in [0, 0.05) is 5.56 Å². The summed E-state index contributed by atoms with van der Waals surface area (Å²) in [6, 6.07) is 8.22. The second-order valence-corrected chi connectivity index (χ2v) is 9.84. The molecule has 3 heteroatoms. The van der Waals surface area contributed by atoms with Gasteiger partial charge < -0.3 is 9.16 Å². The zero-order chi connectivity index (χ0) is 11.8. The van der Waals surface area contributed by atoms with E-state index in [1.54, 1.807) is 7.11 Å². The monoisotopic (exact) mass is 236 g/mol. The van der Waals surface area contributed by atoms with E-state index in [4.69, 9.17) is 9.16 Å². The summed E-state index contributed by atoms with van der Waals surface area (Å²) < 4.78 is 11.7. The molecule has 1 aromatic carbocycles. The molecule has 88 valence electrons. The number of rotatable bonds is 4. The Hall–Kier alpha value is -0.803. The van der Waals surface area contributed by atoms with Crippen molar-refractivity contribution in [3.8, 4) is 5.75 Å². The Morgan fingerprint density at radius 1 is 1.12 bits per heavy atom. The van der Waals surface area contributed by atoms with Crippen LogP contribution >= 0.6 is 0 Å². The number of ether oxygens (including phenoxy) is 1. The summed E-state index contributed by atoms with van der Waals surface area (Å²) in [5.41, 5.74) is 1.18. The van der Waals surface area contributed by atoms with Crippen molar-refractivity contribution in [2.45, 2.75) is 38.1 Å². The number of hydrogen-bond donors (Lipinski definition) is 0. The first kappa shape index (κ1) is 11.7. The van der Waals surface area contributed by atoms with Gasteiger partial charge in [-0.2, -0.15) is 0 Å². The highest BCUT2D eigenvalue weighted by atomic mass is 28.4. The van der Waals surface area contributed by atoms with E-state index in [9.17, 15) is 0 Å². The van der Waals surface area contributed by atoms with Crippen LogP contribution in [0.3, 0.4) is 0 Å². The molecule has 1 fully saturated rings. The van der Waals surface area contributed by atoms with Crippen LogP contribution in [0.2, 0.25) is 19.6 Å². The fraction of sp³-hybridized carbons (Fsp3) is 0.538. The zero-order valence-electron chi connectivity index (χ0n) is 10.5. The quantitative estimate of drug-likeness (QED) is 0.745. The zero-order valence-corrected chi connectivity index (χ0v) is 11.5.